The summed E-state index contributed by atoms with van der Waals surface area (Å²) in [6.45, 7) is 1.80. The van der Waals surface area contributed by atoms with Gasteiger partial charge >= 0.3 is 0 Å². The van der Waals surface area contributed by atoms with E-state index in [-0.39, 0.29) is 0 Å². The fraction of sp³-hybridized carbons (Fsp3) is 0.538. The van der Waals surface area contributed by atoms with Gasteiger partial charge in [-0.15, -0.1) is 0 Å². The van der Waals surface area contributed by atoms with Gasteiger partial charge in [0.05, 0.1) is 5.69 Å². The minimum Gasteiger partial charge on any atom is -0.381 e. The first-order valence-electron chi connectivity index (χ1n) is 6.06. The summed E-state index contributed by atoms with van der Waals surface area (Å²) < 4.78 is 26.1. The summed E-state index contributed by atoms with van der Waals surface area (Å²) in [5.74, 6) is -1.06. The zero-order valence-corrected chi connectivity index (χ0v) is 10.0. The van der Waals surface area contributed by atoms with Crippen molar-refractivity contribution in [3.05, 3.63) is 29.8 Å². The van der Waals surface area contributed by atoms with E-state index in [9.17, 15) is 8.78 Å². The number of rotatable bonds is 3. The third kappa shape index (κ3) is 3.16. The lowest BCUT2D eigenvalue weighted by atomic mass is 10.0. The van der Waals surface area contributed by atoms with Crippen LogP contribution in [-0.2, 0) is 0 Å². The van der Waals surface area contributed by atoms with E-state index in [2.05, 4.69) is 17.3 Å². The Kier molecular flexibility index (Phi) is 3.94. The molecule has 1 saturated heterocycles. The number of halogens is 2. The summed E-state index contributed by atoms with van der Waals surface area (Å²) in [6, 6.07) is 4.07. The molecule has 0 aliphatic carbocycles. The fourth-order valence-corrected chi connectivity index (χ4v) is 2.26. The maximum atomic E-state index is 13.4. The second-order valence-electron chi connectivity index (χ2n) is 4.64. The van der Waals surface area contributed by atoms with Gasteiger partial charge in [-0.2, -0.15) is 0 Å². The lowest BCUT2D eigenvalue weighted by Gasteiger charge is -2.32. The molecule has 1 unspecified atom stereocenters. The van der Waals surface area contributed by atoms with Gasteiger partial charge in [-0.3, -0.25) is 0 Å². The third-order valence-corrected chi connectivity index (χ3v) is 3.38. The van der Waals surface area contributed by atoms with Crippen LogP contribution in [0.15, 0.2) is 18.2 Å². The molecule has 0 radical (unpaired) electrons. The highest BCUT2D eigenvalue weighted by atomic mass is 19.1. The first-order chi connectivity index (χ1) is 8.16. The number of nitrogens with one attached hydrogen (secondary N) is 1. The molecular weight excluding hydrogens is 222 g/mol. The van der Waals surface area contributed by atoms with Crippen molar-refractivity contribution in [2.24, 2.45) is 0 Å². The van der Waals surface area contributed by atoms with Crippen LogP contribution in [0.2, 0.25) is 0 Å². The normalized spacial score (nSPS) is 21.5. The second kappa shape index (κ2) is 5.45. The van der Waals surface area contributed by atoms with Gasteiger partial charge in [0.2, 0.25) is 0 Å². The van der Waals surface area contributed by atoms with E-state index in [1.165, 1.54) is 25.0 Å². The van der Waals surface area contributed by atoms with Crippen LogP contribution in [0.4, 0.5) is 14.5 Å². The average Bonchev–Trinajstić information content (AvgIpc) is 2.30. The van der Waals surface area contributed by atoms with E-state index < -0.39 is 11.6 Å². The molecular formula is C13H18F2N2. The Morgan fingerprint density at radius 2 is 2.18 bits per heavy atom. The summed E-state index contributed by atoms with van der Waals surface area (Å²) in [5.41, 5.74) is 0.380. The van der Waals surface area contributed by atoms with E-state index in [1.807, 2.05) is 0 Å². The lowest BCUT2D eigenvalue weighted by molar-refractivity contribution is 0.194. The van der Waals surface area contributed by atoms with E-state index >= 15 is 0 Å². The summed E-state index contributed by atoms with van der Waals surface area (Å²) >= 11 is 0. The number of hydrogen-bond donors (Lipinski definition) is 1. The predicted octanol–water partition coefficient (Wildman–Crippen LogP) is 2.86. The van der Waals surface area contributed by atoms with Gasteiger partial charge in [-0.25, -0.2) is 8.78 Å². The molecule has 0 saturated carbocycles. The van der Waals surface area contributed by atoms with Crippen LogP contribution in [0.1, 0.15) is 19.3 Å². The number of hydrogen-bond acceptors (Lipinski definition) is 2. The zero-order chi connectivity index (χ0) is 12.3. The molecule has 0 spiro atoms. The van der Waals surface area contributed by atoms with Gasteiger partial charge < -0.3 is 10.2 Å². The Morgan fingerprint density at radius 1 is 1.35 bits per heavy atom. The van der Waals surface area contributed by atoms with Crippen molar-refractivity contribution in [1.29, 1.82) is 0 Å². The van der Waals surface area contributed by atoms with Crippen LogP contribution in [-0.4, -0.2) is 31.1 Å². The van der Waals surface area contributed by atoms with E-state index in [1.54, 1.807) is 0 Å². The molecule has 1 aromatic rings. The van der Waals surface area contributed by atoms with Gasteiger partial charge in [0.15, 0.2) is 0 Å². The molecule has 94 valence electrons. The highest BCUT2D eigenvalue weighted by Crippen LogP contribution is 2.18. The van der Waals surface area contributed by atoms with Crippen molar-refractivity contribution in [2.45, 2.75) is 25.3 Å². The first-order valence-corrected chi connectivity index (χ1v) is 6.06. The van der Waals surface area contributed by atoms with Crippen LogP contribution in [0.3, 0.4) is 0 Å². The van der Waals surface area contributed by atoms with Crippen LogP contribution in [0.25, 0.3) is 0 Å². The molecule has 1 aliphatic heterocycles. The van der Waals surface area contributed by atoms with E-state index in [0.29, 0.717) is 18.3 Å². The largest absolute Gasteiger partial charge is 0.381 e. The van der Waals surface area contributed by atoms with Gasteiger partial charge in [0, 0.05) is 18.7 Å². The first kappa shape index (κ1) is 12.3. The van der Waals surface area contributed by atoms with Crippen molar-refractivity contribution >= 4 is 5.69 Å². The van der Waals surface area contributed by atoms with E-state index in [0.717, 1.165) is 19.0 Å². The molecule has 1 heterocycles. The average molecular weight is 240 g/mol. The van der Waals surface area contributed by atoms with Gasteiger partial charge in [-0.05, 0) is 38.6 Å². The summed E-state index contributed by atoms with van der Waals surface area (Å²) in [6.07, 6.45) is 3.59. The SMILES string of the molecule is CN1CCCCC1CNc1ccc(F)cc1F. The Balaban J connectivity index is 1.92. The number of anilines is 1. The molecule has 1 aliphatic rings. The minimum atomic E-state index is -0.539. The van der Waals surface area contributed by atoms with E-state index in [4.69, 9.17) is 0 Å². The van der Waals surface area contributed by atoms with Crippen LogP contribution < -0.4 is 5.32 Å². The van der Waals surface area contributed by atoms with Crippen LogP contribution in [0.5, 0.6) is 0 Å². The highest BCUT2D eigenvalue weighted by molar-refractivity contribution is 5.44. The van der Waals surface area contributed by atoms with Gasteiger partial charge in [-0.1, -0.05) is 6.42 Å². The summed E-state index contributed by atoms with van der Waals surface area (Å²) in [5, 5.41) is 3.06. The van der Waals surface area contributed by atoms with Gasteiger partial charge in [0.25, 0.3) is 0 Å². The number of benzene rings is 1. The molecule has 0 aromatic heterocycles. The third-order valence-electron chi connectivity index (χ3n) is 3.38. The topological polar surface area (TPSA) is 15.3 Å². The molecule has 17 heavy (non-hydrogen) atoms. The molecule has 0 bridgehead atoms. The van der Waals surface area contributed by atoms with Crippen LogP contribution >= 0.6 is 0 Å². The number of nitrogens with zero attached hydrogens (tertiary/aromatic N) is 1. The maximum absolute atomic E-state index is 13.4. The molecule has 2 nitrogen and oxygen atoms in total. The summed E-state index contributed by atoms with van der Waals surface area (Å²) in [7, 11) is 2.09. The van der Waals surface area contributed by atoms with Crippen molar-refractivity contribution in [3.8, 4) is 0 Å². The van der Waals surface area contributed by atoms with Crippen LogP contribution in [0, 0.1) is 11.6 Å². The molecule has 1 N–H and O–H groups in total. The van der Waals surface area contributed by atoms with Crippen molar-refractivity contribution in [2.75, 3.05) is 25.5 Å². The van der Waals surface area contributed by atoms with Crippen molar-refractivity contribution in [1.82, 2.24) is 4.90 Å². The smallest absolute Gasteiger partial charge is 0.149 e. The minimum absolute atomic E-state index is 0.380. The molecule has 0 amide bonds. The zero-order valence-electron chi connectivity index (χ0n) is 10.0. The van der Waals surface area contributed by atoms with Gasteiger partial charge in [0.1, 0.15) is 11.6 Å². The molecule has 1 atom stereocenters. The Morgan fingerprint density at radius 3 is 2.88 bits per heavy atom. The highest BCUT2D eigenvalue weighted by Gasteiger charge is 2.18. The molecule has 1 aromatic carbocycles. The standard InChI is InChI=1S/C13H18F2N2/c1-17-7-3-2-4-11(17)9-16-13-6-5-10(14)8-12(13)15/h5-6,8,11,16H,2-4,7,9H2,1H3. The molecule has 2 rings (SSSR count). The van der Waals surface area contributed by atoms with Crippen molar-refractivity contribution in [3.63, 3.8) is 0 Å². The predicted molar refractivity (Wildman–Crippen MR) is 65.1 cm³/mol. The lowest BCUT2D eigenvalue weighted by Crippen LogP contribution is -2.40. The second-order valence-corrected chi connectivity index (χ2v) is 4.64. The molecule has 1 fully saturated rings. The summed E-state index contributed by atoms with van der Waals surface area (Å²) in [4.78, 5) is 2.29. The van der Waals surface area contributed by atoms with Crippen molar-refractivity contribution < 1.29 is 8.78 Å². The Labute approximate surface area is 101 Å². The maximum Gasteiger partial charge on any atom is 0.149 e. The number of piperidine rings is 1. The Hall–Kier alpha value is -1.16. The molecule has 4 heteroatoms. The number of likely N-dealkylation sites (N-methyl/N-ethyl adjacent to an activating group) is 1. The fourth-order valence-electron chi connectivity index (χ4n) is 2.26. The Bertz CT molecular complexity index is 382. The quantitative estimate of drug-likeness (QED) is 0.874. The monoisotopic (exact) mass is 240 g/mol. The number of likely N-dealkylation sites (tertiary alicyclic amines) is 1.